The number of aromatic carboxylic acids is 1. The number of hydrogen-bond acceptors (Lipinski definition) is 6. The summed E-state index contributed by atoms with van der Waals surface area (Å²) in [7, 11) is 1.98. The molecule has 6 rings (SSSR count). The van der Waals surface area contributed by atoms with E-state index in [1.54, 1.807) is 47.4 Å². The molecule has 5 aromatic rings. The Morgan fingerprint density at radius 2 is 1.89 bits per heavy atom. The highest BCUT2D eigenvalue weighted by molar-refractivity contribution is 9.10. The molecule has 0 amide bonds. The molecule has 0 unspecified atom stereocenters. The van der Waals surface area contributed by atoms with E-state index >= 15 is 0 Å². The fourth-order valence-electron chi connectivity index (χ4n) is 5.04. The van der Waals surface area contributed by atoms with Gasteiger partial charge in [-0.05, 0) is 58.7 Å². The van der Waals surface area contributed by atoms with Crippen LogP contribution in [0.15, 0.2) is 76.5 Å². The molecule has 1 atom stereocenters. The number of pyridine rings is 2. The van der Waals surface area contributed by atoms with E-state index in [1.807, 2.05) is 40.4 Å². The Kier molecular flexibility index (Phi) is 6.16. The number of halogens is 1. The van der Waals surface area contributed by atoms with E-state index in [2.05, 4.69) is 35.8 Å². The lowest BCUT2D eigenvalue weighted by Crippen LogP contribution is -2.29. The first-order valence-electron chi connectivity index (χ1n) is 12.2. The van der Waals surface area contributed by atoms with Crippen molar-refractivity contribution < 1.29 is 9.90 Å². The molecule has 192 valence electrons. The van der Waals surface area contributed by atoms with Gasteiger partial charge in [0.15, 0.2) is 5.65 Å². The van der Waals surface area contributed by atoms with Crippen LogP contribution in [0, 0.1) is 0 Å². The van der Waals surface area contributed by atoms with Crippen molar-refractivity contribution >= 4 is 33.1 Å². The molecule has 1 aromatic carbocycles. The van der Waals surface area contributed by atoms with Gasteiger partial charge < -0.3 is 9.67 Å². The molecule has 0 saturated carbocycles. The molecular formula is C27H24BrN7O3. The summed E-state index contributed by atoms with van der Waals surface area (Å²) in [6.45, 7) is 2.29. The second-order valence-corrected chi connectivity index (χ2v) is 10.2. The molecule has 10 nitrogen and oxygen atoms in total. The van der Waals surface area contributed by atoms with E-state index in [0.717, 1.165) is 41.0 Å². The maximum Gasteiger partial charge on any atom is 0.335 e. The number of benzene rings is 1. The van der Waals surface area contributed by atoms with Gasteiger partial charge in [0.25, 0.3) is 0 Å². The number of hydrogen-bond donors (Lipinski definition) is 1. The molecule has 0 aliphatic carbocycles. The van der Waals surface area contributed by atoms with Gasteiger partial charge in [-0.25, -0.2) is 19.6 Å². The summed E-state index contributed by atoms with van der Waals surface area (Å²) < 4.78 is 6.42. The van der Waals surface area contributed by atoms with Crippen LogP contribution in [0.5, 0.6) is 0 Å². The van der Waals surface area contributed by atoms with E-state index < -0.39 is 5.97 Å². The lowest BCUT2D eigenvalue weighted by Gasteiger charge is -2.16. The van der Waals surface area contributed by atoms with Crippen molar-refractivity contribution in [3.8, 4) is 16.9 Å². The molecule has 0 radical (unpaired) electrons. The summed E-state index contributed by atoms with van der Waals surface area (Å²) in [5.74, 6) is -0.00601. The Morgan fingerprint density at radius 3 is 2.58 bits per heavy atom. The summed E-state index contributed by atoms with van der Waals surface area (Å²) >= 11 is 3.50. The molecule has 1 N–H and O–H groups in total. The van der Waals surface area contributed by atoms with Crippen LogP contribution in [0.25, 0.3) is 28.1 Å². The largest absolute Gasteiger partial charge is 0.478 e. The Labute approximate surface area is 226 Å². The minimum absolute atomic E-state index is 0.00941. The smallest absolute Gasteiger partial charge is 0.335 e. The predicted octanol–water partition coefficient (Wildman–Crippen LogP) is 3.89. The lowest BCUT2D eigenvalue weighted by atomic mass is 10.1. The van der Waals surface area contributed by atoms with E-state index in [9.17, 15) is 9.59 Å². The highest BCUT2D eigenvalue weighted by Gasteiger charge is 2.29. The molecule has 0 spiro atoms. The minimum Gasteiger partial charge on any atom is -0.478 e. The molecule has 1 fully saturated rings. The SMILES string of the molecule is Cn1c(Br)cnc1CN1CC[C@H](n2c(=O)n(-c3ccc(-c4ccc(C(=O)O)cc4)nc3)c3cccnc32)C1. The van der Waals surface area contributed by atoms with Crippen molar-refractivity contribution in [2.45, 2.75) is 19.0 Å². The summed E-state index contributed by atoms with van der Waals surface area (Å²) in [4.78, 5) is 40.9. The fourth-order valence-corrected chi connectivity index (χ4v) is 5.35. The van der Waals surface area contributed by atoms with Crippen molar-refractivity contribution in [3.05, 3.63) is 93.6 Å². The van der Waals surface area contributed by atoms with Gasteiger partial charge in [-0.1, -0.05) is 12.1 Å². The normalized spacial score (nSPS) is 15.9. The van der Waals surface area contributed by atoms with Gasteiger partial charge in [0, 0.05) is 31.9 Å². The van der Waals surface area contributed by atoms with Gasteiger partial charge in [-0.15, -0.1) is 0 Å². The van der Waals surface area contributed by atoms with E-state index in [1.165, 1.54) is 0 Å². The van der Waals surface area contributed by atoms with Gasteiger partial charge in [0.2, 0.25) is 0 Å². The first-order valence-corrected chi connectivity index (χ1v) is 13.0. The number of carbonyl (C=O) groups is 1. The monoisotopic (exact) mass is 573 g/mol. The van der Waals surface area contributed by atoms with Gasteiger partial charge in [-0.3, -0.25) is 19.0 Å². The van der Waals surface area contributed by atoms with Crippen molar-refractivity contribution in [2.24, 2.45) is 7.05 Å². The van der Waals surface area contributed by atoms with Crippen LogP contribution in [0.1, 0.15) is 28.6 Å². The highest BCUT2D eigenvalue weighted by Crippen LogP contribution is 2.27. The van der Waals surface area contributed by atoms with E-state index in [0.29, 0.717) is 23.6 Å². The first-order chi connectivity index (χ1) is 18.4. The quantitative estimate of drug-likeness (QED) is 0.328. The Morgan fingerprint density at radius 1 is 1.08 bits per heavy atom. The van der Waals surface area contributed by atoms with Crippen LogP contribution in [-0.2, 0) is 13.6 Å². The average molecular weight is 574 g/mol. The number of likely N-dealkylation sites (tertiary alicyclic amines) is 1. The third kappa shape index (κ3) is 4.23. The molecule has 1 saturated heterocycles. The molecule has 38 heavy (non-hydrogen) atoms. The zero-order chi connectivity index (χ0) is 26.4. The first kappa shape index (κ1) is 24.3. The summed E-state index contributed by atoms with van der Waals surface area (Å²) in [6, 6.07) is 14.0. The van der Waals surface area contributed by atoms with Crippen molar-refractivity contribution in [3.63, 3.8) is 0 Å². The van der Waals surface area contributed by atoms with Crippen molar-refractivity contribution in [1.29, 1.82) is 0 Å². The second-order valence-electron chi connectivity index (χ2n) is 9.35. The third-order valence-electron chi connectivity index (χ3n) is 7.07. The highest BCUT2D eigenvalue weighted by atomic mass is 79.9. The number of imidazole rings is 2. The maximum atomic E-state index is 13.8. The number of carboxylic acids is 1. The van der Waals surface area contributed by atoms with Crippen molar-refractivity contribution in [2.75, 3.05) is 13.1 Å². The second kappa shape index (κ2) is 9.66. The van der Waals surface area contributed by atoms with Crippen LogP contribution in [0.2, 0.25) is 0 Å². The molecule has 4 aromatic heterocycles. The summed E-state index contributed by atoms with van der Waals surface area (Å²) in [5, 5.41) is 9.13. The number of rotatable bonds is 6. The molecule has 11 heteroatoms. The zero-order valence-corrected chi connectivity index (χ0v) is 22.1. The van der Waals surface area contributed by atoms with Gasteiger partial charge >= 0.3 is 11.7 Å². The standard InChI is InChI=1S/C27H24BrN7O3/c1-32-23(28)14-31-24(32)16-33-12-10-20(15-33)35-25-22(3-2-11-29-25)34(27(35)38)19-8-9-21(30-13-19)17-4-6-18(7-5-17)26(36)37/h2-9,11,13-14,20H,10,12,15-16H2,1H3,(H,36,37)/t20-/m0/s1. The Hall–Kier alpha value is -4.09. The maximum absolute atomic E-state index is 13.8. The predicted molar refractivity (Wildman–Crippen MR) is 145 cm³/mol. The summed E-state index contributed by atoms with van der Waals surface area (Å²) in [5.41, 5.74) is 3.57. The molecule has 5 heterocycles. The van der Waals surface area contributed by atoms with Gasteiger partial charge in [0.05, 0.1) is 47.4 Å². The number of nitrogens with zero attached hydrogens (tertiary/aromatic N) is 7. The Bertz CT molecular complexity index is 1700. The lowest BCUT2D eigenvalue weighted by molar-refractivity contribution is 0.0697. The molecule has 0 bridgehead atoms. The van der Waals surface area contributed by atoms with Gasteiger partial charge in [0.1, 0.15) is 10.4 Å². The average Bonchev–Trinajstić information content (AvgIpc) is 3.60. The van der Waals surface area contributed by atoms with E-state index in [-0.39, 0.29) is 17.3 Å². The Balaban J connectivity index is 1.31. The van der Waals surface area contributed by atoms with Crippen LogP contribution >= 0.6 is 15.9 Å². The minimum atomic E-state index is -0.973. The van der Waals surface area contributed by atoms with Crippen LogP contribution in [-0.4, -0.2) is 57.7 Å². The number of fused-ring (bicyclic) bond motifs is 1. The zero-order valence-electron chi connectivity index (χ0n) is 20.5. The van der Waals surface area contributed by atoms with Gasteiger partial charge in [-0.2, -0.15) is 0 Å². The molecular weight excluding hydrogens is 550 g/mol. The number of carboxylic acid groups (broad SMARTS) is 1. The topological polar surface area (TPSA) is 111 Å². The third-order valence-corrected chi connectivity index (χ3v) is 7.81. The number of aromatic nitrogens is 6. The molecule has 1 aliphatic rings. The van der Waals surface area contributed by atoms with E-state index in [4.69, 9.17) is 5.11 Å². The van der Waals surface area contributed by atoms with Crippen LogP contribution in [0.3, 0.4) is 0 Å². The van der Waals surface area contributed by atoms with Crippen LogP contribution in [0.4, 0.5) is 0 Å². The van der Waals surface area contributed by atoms with Crippen LogP contribution < -0.4 is 5.69 Å². The summed E-state index contributed by atoms with van der Waals surface area (Å²) in [6.07, 6.45) is 6.02. The fraction of sp³-hybridized carbons (Fsp3) is 0.222. The van der Waals surface area contributed by atoms with Crippen molar-refractivity contribution in [1.82, 2.24) is 33.6 Å². The molecule has 1 aliphatic heterocycles.